The van der Waals surface area contributed by atoms with Crippen LogP contribution < -0.4 is 5.73 Å². The Morgan fingerprint density at radius 1 is 1.53 bits per heavy atom. The number of rotatable bonds is 2. The summed E-state index contributed by atoms with van der Waals surface area (Å²) in [5.74, 6) is 0. The maximum Gasteiger partial charge on any atom is 0.116 e. The molecule has 2 unspecified atom stereocenters. The SMILES string of the molecule is Cc1cccc(CC2(F)CCC(N)C2)c1. The van der Waals surface area contributed by atoms with Crippen molar-refractivity contribution in [2.45, 2.75) is 44.3 Å². The minimum Gasteiger partial charge on any atom is -0.328 e. The molecule has 0 amide bonds. The molecule has 0 heterocycles. The van der Waals surface area contributed by atoms with Crippen LogP contribution in [-0.4, -0.2) is 11.7 Å². The van der Waals surface area contributed by atoms with Gasteiger partial charge in [-0.15, -0.1) is 0 Å². The van der Waals surface area contributed by atoms with E-state index in [1.165, 1.54) is 5.56 Å². The van der Waals surface area contributed by atoms with Gasteiger partial charge in [0.15, 0.2) is 0 Å². The Hall–Kier alpha value is -0.890. The molecule has 2 heteroatoms. The average Bonchev–Trinajstić information content (AvgIpc) is 2.45. The third-order valence-electron chi connectivity index (χ3n) is 3.19. The summed E-state index contributed by atoms with van der Waals surface area (Å²) in [5.41, 5.74) is 6.97. The van der Waals surface area contributed by atoms with E-state index in [0.29, 0.717) is 19.3 Å². The normalized spacial score (nSPS) is 30.7. The van der Waals surface area contributed by atoms with Crippen LogP contribution in [0.3, 0.4) is 0 Å². The molecule has 2 atom stereocenters. The molecule has 0 aliphatic heterocycles. The Balaban J connectivity index is 2.08. The summed E-state index contributed by atoms with van der Waals surface area (Å²) in [5, 5.41) is 0. The Morgan fingerprint density at radius 2 is 2.33 bits per heavy atom. The van der Waals surface area contributed by atoms with Crippen molar-refractivity contribution in [2.24, 2.45) is 5.73 Å². The van der Waals surface area contributed by atoms with Gasteiger partial charge >= 0.3 is 0 Å². The number of hydrogen-bond donors (Lipinski definition) is 1. The predicted molar refractivity (Wildman–Crippen MR) is 60.5 cm³/mol. The second-order valence-electron chi connectivity index (χ2n) is 4.82. The van der Waals surface area contributed by atoms with Crippen molar-refractivity contribution in [1.82, 2.24) is 0 Å². The molecule has 1 aromatic rings. The van der Waals surface area contributed by atoms with Gasteiger partial charge in [0.25, 0.3) is 0 Å². The highest BCUT2D eigenvalue weighted by Crippen LogP contribution is 2.35. The minimum atomic E-state index is -1.06. The summed E-state index contributed by atoms with van der Waals surface area (Å²) < 4.78 is 14.3. The van der Waals surface area contributed by atoms with E-state index in [9.17, 15) is 4.39 Å². The van der Waals surface area contributed by atoms with E-state index in [4.69, 9.17) is 5.73 Å². The third kappa shape index (κ3) is 2.57. The lowest BCUT2D eigenvalue weighted by Crippen LogP contribution is -2.25. The van der Waals surface area contributed by atoms with Gasteiger partial charge in [0.2, 0.25) is 0 Å². The Bertz CT molecular complexity index is 350. The Kier molecular flexibility index (Phi) is 2.79. The fourth-order valence-electron chi connectivity index (χ4n) is 2.47. The summed E-state index contributed by atoms with van der Waals surface area (Å²) in [6, 6.07) is 8.14. The molecule has 82 valence electrons. The Labute approximate surface area is 90.5 Å². The molecule has 0 aromatic heterocycles. The van der Waals surface area contributed by atoms with Crippen molar-refractivity contribution in [1.29, 1.82) is 0 Å². The van der Waals surface area contributed by atoms with Gasteiger partial charge in [-0.05, 0) is 31.7 Å². The smallest absolute Gasteiger partial charge is 0.116 e. The predicted octanol–water partition coefficient (Wildman–Crippen LogP) is 2.76. The van der Waals surface area contributed by atoms with E-state index in [2.05, 4.69) is 6.07 Å². The zero-order chi connectivity index (χ0) is 10.9. The average molecular weight is 207 g/mol. The van der Waals surface area contributed by atoms with Gasteiger partial charge in [-0.25, -0.2) is 4.39 Å². The van der Waals surface area contributed by atoms with Crippen molar-refractivity contribution in [3.8, 4) is 0 Å². The summed E-state index contributed by atoms with van der Waals surface area (Å²) in [6.07, 6.45) is 2.47. The van der Waals surface area contributed by atoms with E-state index in [-0.39, 0.29) is 6.04 Å². The van der Waals surface area contributed by atoms with Gasteiger partial charge in [-0.1, -0.05) is 29.8 Å². The van der Waals surface area contributed by atoms with Crippen LogP contribution in [0.5, 0.6) is 0 Å². The zero-order valence-corrected chi connectivity index (χ0v) is 9.17. The van der Waals surface area contributed by atoms with E-state index in [0.717, 1.165) is 12.0 Å². The van der Waals surface area contributed by atoms with Crippen molar-refractivity contribution < 1.29 is 4.39 Å². The van der Waals surface area contributed by atoms with E-state index in [1.807, 2.05) is 25.1 Å². The van der Waals surface area contributed by atoms with E-state index >= 15 is 0 Å². The second kappa shape index (κ2) is 3.93. The molecule has 1 fully saturated rings. The lowest BCUT2D eigenvalue weighted by atomic mass is 9.94. The van der Waals surface area contributed by atoms with Gasteiger partial charge in [0, 0.05) is 12.5 Å². The number of alkyl halides is 1. The fraction of sp³-hybridized carbons (Fsp3) is 0.538. The second-order valence-corrected chi connectivity index (χ2v) is 4.82. The van der Waals surface area contributed by atoms with Crippen molar-refractivity contribution in [3.05, 3.63) is 35.4 Å². The molecule has 1 aliphatic carbocycles. The summed E-state index contributed by atoms with van der Waals surface area (Å²) in [7, 11) is 0. The number of hydrogen-bond acceptors (Lipinski definition) is 1. The number of benzene rings is 1. The molecule has 1 aromatic carbocycles. The highest BCUT2D eigenvalue weighted by Gasteiger charge is 2.37. The number of aryl methyl sites for hydroxylation is 1. The largest absolute Gasteiger partial charge is 0.328 e. The van der Waals surface area contributed by atoms with Crippen LogP contribution in [0.15, 0.2) is 24.3 Å². The lowest BCUT2D eigenvalue weighted by Gasteiger charge is -2.19. The van der Waals surface area contributed by atoms with Crippen LogP contribution in [0.1, 0.15) is 30.4 Å². The van der Waals surface area contributed by atoms with Gasteiger partial charge < -0.3 is 5.73 Å². The first-order chi connectivity index (χ1) is 7.07. The van der Waals surface area contributed by atoms with Crippen LogP contribution in [0.2, 0.25) is 0 Å². The highest BCUT2D eigenvalue weighted by molar-refractivity contribution is 5.24. The molecule has 1 aliphatic rings. The van der Waals surface area contributed by atoms with Crippen LogP contribution in [-0.2, 0) is 6.42 Å². The van der Waals surface area contributed by atoms with E-state index in [1.54, 1.807) is 0 Å². The standard InChI is InChI=1S/C13H18FN/c1-10-3-2-4-11(7-10)8-13(14)6-5-12(15)9-13/h2-4,7,12H,5-6,8-9,15H2,1H3. The maximum absolute atomic E-state index is 14.3. The van der Waals surface area contributed by atoms with Gasteiger partial charge in [0.1, 0.15) is 5.67 Å². The van der Waals surface area contributed by atoms with Crippen molar-refractivity contribution in [2.75, 3.05) is 0 Å². The zero-order valence-electron chi connectivity index (χ0n) is 9.17. The first-order valence-electron chi connectivity index (χ1n) is 5.57. The topological polar surface area (TPSA) is 26.0 Å². The fourth-order valence-corrected chi connectivity index (χ4v) is 2.47. The highest BCUT2D eigenvalue weighted by atomic mass is 19.1. The summed E-state index contributed by atoms with van der Waals surface area (Å²) >= 11 is 0. The first kappa shape index (κ1) is 10.6. The van der Waals surface area contributed by atoms with Crippen LogP contribution in [0.4, 0.5) is 4.39 Å². The van der Waals surface area contributed by atoms with Crippen molar-refractivity contribution in [3.63, 3.8) is 0 Å². The molecule has 2 N–H and O–H groups in total. The number of nitrogens with two attached hydrogens (primary N) is 1. The molecular formula is C13H18FN. The third-order valence-corrected chi connectivity index (χ3v) is 3.19. The van der Waals surface area contributed by atoms with Crippen LogP contribution in [0.25, 0.3) is 0 Å². The van der Waals surface area contributed by atoms with Crippen LogP contribution in [0, 0.1) is 6.92 Å². The number of halogens is 1. The quantitative estimate of drug-likeness (QED) is 0.793. The monoisotopic (exact) mass is 207 g/mol. The van der Waals surface area contributed by atoms with Gasteiger partial charge in [-0.2, -0.15) is 0 Å². The lowest BCUT2D eigenvalue weighted by molar-refractivity contribution is 0.170. The first-order valence-corrected chi connectivity index (χ1v) is 5.57. The summed E-state index contributed by atoms with van der Waals surface area (Å²) in [6.45, 7) is 2.04. The molecule has 2 rings (SSSR count). The molecule has 0 spiro atoms. The molecule has 0 saturated heterocycles. The summed E-state index contributed by atoms with van der Waals surface area (Å²) in [4.78, 5) is 0. The Morgan fingerprint density at radius 3 is 2.93 bits per heavy atom. The molecule has 0 radical (unpaired) electrons. The van der Waals surface area contributed by atoms with Gasteiger partial charge in [0.05, 0.1) is 0 Å². The van der Waals surface area contributed by atoms with Crippen LogP contribution >= 0.6 is 0 Å². The molecule has 0 bridgehead atoms. The minimum absolute atomic E-state index is 0.0554. The molecule has 15 heavy (non-hydrogen) atoms. The van der Waals surface area contributed by atoms with Gasteiger partial charge in [-0.3, -0.25) is 0 Å². The molecule has 1 saturated carbocycles. The maximum atomic E-state index is 14.3. The molecule has 1 nitrogen and oxygen atoms in total. The van der Waals surface area contributed by atoms with Crippen molar-refractivity contribution >= 4 is 0 Å². The van der Waals surface area contributed by atoms with E-state index < -0.39 is 5.67 Å². The molecular weight excluding hydrogens is 189 g/mol.